The number of nitrogens with one attached hydrogen (secondary N) is 2. The molecular weight excluding hydrogens is 456 g/mol. The molecule has 0 spiro atoms. The van der Waals surface area contributed by atoms with Gasteiger partial charge in [-0.2, -0.15) is 0 Å². The van der Waals surface area contributed by atoms with Gasteiger partial charge in [0.05, 0.1) is 10.9 Å². The molecule has 1 aliphatic rings. The number of rotatable bonds is 10. The minimum Gasteiger partial charge on any atom is -0.352 e. The Hall–Kier alpha value is -2.77. The number of hydrogen-bond acceptors (Lipinski definition) is 4. The fourth-order valence-corrected chi connectivity index (χ4v) is 5.10. The van der Waals surface area contributed by atoms with Crippen LogP contribution in [0.2, 0.25) is 0 Å². The molecule has 1 atom stereocenters. The van der Waals surface area contributed by atoms with Gasteiger partial charge in [0.25, 0.3) is 5.56 Å². The van der Waals surface area contributed by atoms with Crippen LogP contribution in [0.25, 0.3) is 10.9 Å². The second kappa shape index (κ2) is 12.3. The summed E-state index contributed by atoms with van der Waals surface area (Å²) in [5, 5.41) is 3.68. The van der Waals surface area contributed by atoms with Crippen molar-refractivity contribution in [3.8, 4) is 0 Å². The Labute approximate surface area is 212 Å². The molecule has 1 aliphatic heterocycles. The number of H-pyrrole nitrogens is 1. The lowest BCUT2D eigenvalue weighted by molar-refractivity contribution is -0.121. The van der Waals surface area contributed by atoms with Crippen molar-refractivity contribution >= 4 is 29.0 Å². The molecule has 1 saturated heterocycles. The van der Waals surface area contributed by atoms with Crippen LogP contribution in [0.1, 0.15) is 63.0 Å². The Balaban J connectivity index is 1.16. The fourth-order valence-electron chi connectivity index (χ4n) is 4.81. The van der Waals surface area contributed by atoms with E-state index in [4.69, 9.17) is 12.2 Å². The van der Waals surface area contributed by atoms with E-state index in [1.165, 1.54) is 31.4 Å². The minimum atomic E-state index is -0.0569. The summed E-state index contributed by atoms with van der Waals surface area (Å²) in [6, 6.07) is 16.7. The molecule has 2 heterocycles. The molecule has 1 amide bonds. The number of aromatic amines is 1. The van der Waals surface area contributed by atoms with Crippen molar-refractivity contribution in [1.29, 1.82) is 0 Å². The highest BCUT2D eigenvalue weighted by Gasteiger charge is 2.18. The number of para-hydroxylation sites is 1. The maximum absolute atomic E-state index is 12.7. The topological polar surface area (TPSA) is 70.1 Å². The number of piperidine rings is 1. The van der Waals surface area contributed by atoms with E-state index in [0.29, 0.717) is 35.7 Å². The summed E-state index contributed by atoms with van der Waals surface area (Å²) in [6.07, 6.45) is 6.88. The van der Waals surface area contributed by atoms with Gasteiger partial charge in [0.1, 0.15) is 0 Å². The second-order valence-corrected chi connectivity index (χ2v) is 10.0. The largest absolute Gasteiger partial charge is 0.352 e. The highest BCUT2D eigenvalue weighted by atomic mass is 32.1. The first-order chi connectivity index (χ1) is 17.0. The van der Waals surface area contributed by atoms with Gasteiger partial charge in [-0.25, -0.2) is 0 Å². The molecule has 1 fully saturated rings. The van der Waals surface area contributed by atoms with Crippen LogP contribution in [0, 0.1) is 4.77 Å². The van der Waals surface area contributed by atoms with E-state index in [0.717, 1.165) is 36.9 Å². The average molecular weight is 493 g/mol. The smallest absolute Gasteiger partial charge is 0.262 e. The van der Waals surface area contributed by atoms with E-state index in [2.05, 4.69) is 46.4 Å². The molecule has 35 heavy (non-hydrogen) atoms. The number of hydrogen-bond donors (Lipinski definition) is 2. The average Bonchev–Trinajstić information content (AvgIpc) is 2.86. The number of nitrogens with zero attached hydrogens (tertiary/aromatic N) is 2. The van der Waals surface area contributed by atoms with Gasteiger partial charge in [-0.1, -0.05) is 49.2 Å². The Kier molecular flexibility index (Phi) is 8.88. The predicted molar refractivity (Wildman–Crippen MR) is 144 cm³/mol. The zero-order valence-corrected chi connectivity index (χ0v) is 21.4. The Morgan fingerprint density at radius 1 is 1.06 bits per heavy atom. The summed E-state index contributed by atoms with van der Waals surface area (Å²) < 4.78 is 2.07. The second-order valence-electron chi connectivity index (χ2n) is 9.65. The summed E-state index contributed by atoms with van der Waals surface area (Å²) in [6.45, 7) is 5.63. The zero-order chi connectivity index (χ0) is 24.6. The number of benzene rings is 2. The SMILES string of the molecule is CC1CCCCN1Cc1ccc(CNC(=O)CCCCCn2c(=S)[nH]c3ccccc3c2=O)cc1. The third kappa shape index (κ3) is 6.89. The summed E-state index contributed by atoms with van der Waals surface area (Å²) in [7, 11) is 0. The number of carbonyl (C=O) groups is 1. The molecule has 2 aromatic carbocycles. The van der Waals surface area contributed by atoms with Crippen molar-refractivity contribution in [2.45, 2.75) is 77.5 Å². The Morgan fingerprint density at radius 2 is 1.83 bits per heavy atom. The summed E-state index contributed by atoms with van der Waals surface area (Å²) in [4.78, 5) is 30.6. The van der Waals surface area contributed by atoms with E-state index < -0.39 is 0 Å². The molecule has 6 nitrogen and oxygen atoms in total. The summed E-state index contributed by atoms with van der Waals surface area (Å²) in [5.74, 6) is 0.0661. The summed E-state index contributed by atoms with van der Waals surface area (Å²) >= 11 is 5.36. The van der Waals surface area contributed by atoms with Crippen LogP contribution in [0.15, 0.2) is 53.3 Å². The van der Waals surface area contributed by atoms with Crippen molar-refractivity contribution in [2.75, 3.05) is 6.54 Å². The van der Waals surface area contributed by atoms with Gasteiger partial charge >= 0.3 is 0 Å². The van der Waals surface area contributed by atoms with Gasteiger partial charge in [0.2, 0.25) is 5.91 Å². The standard InChI is InChI=1S/C28H36N4O2S/c1-21-9-6-8-17-31(21)20-23-15-13-22(14-16-23)19-29-26(33)12-3-2-7-18-32-27(34)24-10-4-5-11-25(24)30-28(32)35/h4-5,10-11,13-16,21H,2-3,6-9,12,17-20H2,1H3,(H,29,33)(H,30,35). The van der Waals surface area contributed by atoms with Crippen LogP contribution >= 0.6 is 12.2 Å². The molecule has 2 N–H and O–H groups in total. The molecule has 7 heteroatoms. The minimum absolute atomic E-state index is 0.0569. The first-order valence-corrected chi connectivity index (χ1v) is 13.2. The monoisotopic (exact) mass is 492 g/mol. The van der Waals surface area contributed by atoms with E-state index in [-0.39, 0.29) is 11.5 Å². The summed E-state index contributed by atoms with van der Waals surface area (Å²) in [5.41, 5.74) is 3.16. The number of aromatic nitrogens is 2. The van der Waals surface area contributed by atoms with Crippen molar-refractivity contribution < 1.29 is 4.79 Å². The molecule has 186 valence electrons. The molecule has 1 unspecified atom stereocenters. The predicted octanol–water partition coefficient (Wildman–Crippen LogP) is 5.31. The number of amides is 1. The van der Waals surface area contributed by atoms with Crippen molar-refractivity contribution in [1.82, 2.24) is 19.8 Å². The highest BCUT2D eigenvalue weighted by Crippen LogP contribution is 2.19. The van der Waals surface area contributed by atoms with E-state index in [9.17, 15) is 9.59 Å². The quantitative estimate of drug-likeness (QED) is 0.297. The highest BCUT2D eigenvalue weighted by molar-refractivity contribution is 7.71. The van der Waals surface area contributed by atoms with Gasteiger partial charge in [-0.3, -0.25) is 19.1 Å². The van der Waals surface area contributed by atoms with Crippen LogP contribution in [0.5, 0.6) is 0 Å². The lowest BCUT2D eigenvalue weighted by Gasteiger charge is -2.33. The molecule has 1 aromatic heterocycles. The molecule has 0 saturated carbocycles. The normalized spacial score (nSPS) is 16.4. The number of carbonyl (C=O) groups excluding carboxylic acids is 1. The maximum Gasteiger partial charge on any atom is 0.262 e. The van der Waals surface area contributed by atoms with E-state index >= 15 is 0 Å². The number of fused-ring (bicyclic) bond motifs is 1. The van der Waals surface area contributed by atoms with Gasteiger partial charge in [0, 0.05) is 32.1 Å². The van der Waals surface area contributed by atoms with Gasteiger partial charge in [-0.15, -0.1) is 0 Å². The Morgan fingerprint density at radius 3 is 2.63 bits per heavy atom. The molecule has 0 radical (unpaired) electrons. The molecular formula is C28H36N4O2S. The van der Waals surface area contributed by atoms with Gasteiger partial charge < -0.3 is 10.3 Å². The van der Waals surface area contributed by atoms with Crippen molar-refractivity contribution in [3.63, 3.8) is 0 Å². The van der Waals surface area contributed by atoms with Crippen LogP contribution in [-0.2, 0) is 24.4 Å². The van der Waals surface area contributed by atoms with Crippen LogP contribution in [-0.4, -0.2) is 32.9 Å². The van der Waals surface area contributed by atoms with Gasteiger partial charge in [0.15, 0.2) is 4.77 Å². The fraction of sp³-hybridized carbons (Fsp3) is 0.464. The Bertz CT molecular complexity index is 1250. The van der Waals surface area contributed by atoms with Crippen molar-refractivity contribution in [3.05, 3.63) is 74.8 Å². The third-order valence-electron chi connectivity index (χ3n) is 7.01. The number of likely N-dealkylation sites (tertiary alicyclic amines) is 1. The van der Waals surface area contributed by atoms with Gasteiger partial charge in [-0.05, 0) is 74.6 Å². The van der Waals surface area contributed by atoms with E-state index in [1.54, 1.807) is 4.57 Å². The first-order valence-electron chi connectivity index (χ1n) is 12.8. The lowest BCUT2D eigenvalue weighted by atomic mass is 10.0. The number of unbranched alkanes of at least 4 members (excludes halogenated alkanes) is 2. The first kappa shape index (κ1) is 25.3. The van der Waals surface area contributed by atoms with Crippen LogP contribution in [0.4, 0.5) is 0 Å². The zero-order valence-electron chi connectivity index (χ0n) is 20.6. The van der Waals surface area contributed by atoms with Crippen molar-refractivity contribution in [2.24, 2.45) is 0 Å². The lowest BCUT2D eigenvalue weighted by Crippen LogP contribution is -2.36. The maximum atomic E-state index is 12.7. The molecule has 0 bridgehead atoms. The molecule has 3 aromatic rings. The van der Waals surface area contributed by atoms with Crippen LogP contribution in [0.3, 0.4) is 0 Å². The van der Waals surface area contributed by atoms with Crippen LogP contribution < -0.4 is 10.9 Å². The molecule has 4 rings (SSSR count). The molecule has 0 aliphatic carbocycles. The third-order valence-corrected chi connectivity index (χ3v) is 7.34. The van der Waals surface area contributed by atoms with E-state index in [1.807, 2.05) is 24.3 Å².